The predicted molar refractivity (Wildman–Crippen MR) is 52.7 cm³/mol. The number of hydroxylamine groups is 2. The summed E-state index contributed by atoms with van der Waals surface area (Å²) < 4.78 is 35.4. The van der Waals surface area contributed by atoms with Gasteiger partial charge in [0.1, 0.15) is 0 Å². The van der Waals surface area contributed by atoms with Gasteiger partial charge >= 0.3 is 12.1 Å². The van der Waals surface area contributed by atoms with Gasteiger partial charge in [0.2, 0.25) is 0 Å². The molecule has 0 aromatic carbocycles. The van der Waals surface area contributed by atoms with Gasteiger partial charge in [-0.1, -0.05) is 0 Å². The minimum atomic E-state index is -5.10. The number of hydrogen-bond acceptors (Lipinski definition) is 4. The summed E-state index contributed by atoms with van der Waals surface area (Å²) in [6, 6.07) is 0. The van der Waals surface area contributed by atoms with Crippen LogP contribution in [0.3, 0.4) is 0 Å². The first-order chi connectivity index (χ1) is 7.79. The fourth-order valence-corrected chi connectivity index (χ4v) is 0.962. The zero-order valence-corrected chi connectivity index (χ0v) is 9.63. The Balaban J connectivity index is 3.94. The van der Waals surface area contributed by atoms with Crippen LogP contribution in [0.15, 0.2) is 0 Å². The van der Waals surface area contributed by atoms with Crippen molar-refractivity contribution in [2.45, 2.75) is 25.4 Å². The molecule has 0 radical (unpaired) electrons. The molecule has 17 heavy (non-hydrogen) atoms. The number of rotatable bonds is 5. The van der Waals surface area contributed by atoms with E-state index in [1.807, 2.05) is 0 Å². The number of carbonyl (C=O) groups is 2. The zero-order valence-electron chi connectivity index (χ0n) is 9.63. The molecule has 0 heterocycles. The maximum Gasteiger partial charge on any atom is 0.493 e. The van der Waals surface area contributed by atoms with Gasteiger partial charge in [0, 0.05) is 13.5 Å². The van der Waals surface area contributed by atoms with E-state index >= 15 is 0 Å². The normalized spacial score (nSPS) is 11.1. The van der Waals surface area contributed by atoms with Crippen LogP contribution in [0.5, 0.6) is 0 Å². The molecule has 0 saturated carbocycles. The molecular weight excluding hydrogens is 241 g/mol. The van der Waals surface area contributed by atoms with Crippen LogP contribution in [0.1, 0.15) is 19.3 Å². The van der Waals surface area contributed by atoms with E-state index in [1.165, 1.54) is 0 Å². The number of amides is 1. The molecule has 0 atom stereocenters. The lowest BCUT2D eigenvalue weighted by Crippen LogP contribution is -2.36. The lowest BCUT2D eigenvalue weighted by Gasteiger charge is -2.16. The molecule has 0 bridgehead atoms. The Hall–Kier alpha value is -1.31. The van der Waals surface area contributed by atoms with Crippen LogP contribution in [0, 0.1) is 0 Å². The number of nitrogens with one attached hydrogen (secondary N) is 1. The number of unbranched alkanes of at least 4 members (excludes halogenated alkanes) is 1. The van der Waals surface area contributed by atoms with Crippen molar-refractivity contribution in [3.05, 3.63) is 0 Å². The minimum Gasteiger partial charge on any atom is -0.330 e. The van der Waals surface area contributed by atoms with Crippen LogP contribution in [0.2, 0.25) is 0 Å². The molecule has 0 saturated heterocycles. The van der Waals surface area contributed by atoms with Crippen LogP contribution < -0.4 is 5.32 Å². The maximum atomic E-state index is 11.8. The first-order valence-electron chi connectivity index (χ1n) is 4.99. The Morgan fingerprint density at radius 2 is 1.88 bits per heavy atom. The van der Waals surface area contributed by atoms with Crippen molar-refractivity contribution in [3.8, 4) is 0 Å². The Labute approximate surface area is 96.9 Å². The van der Waals surface area contributed by atoms with E-state index in [9.17, 15) is 22.8 Å². The standard InChI is InChI=1S/C9H15F3N2O3/c1-13-6-4-3-5-7(15)14(2)17-8(16)9(10,11)12/h13H,3-6H2,1-2H3. The number of hydrogen-bond donors (Lipinski definition) is 1. The second kappa shape index (κ2) is 7.10. The fraction of sp³-hybridized carbons (Fsp3) is 0.778. The predicted octanol–water partition coefficient (Wildman–Crippen LogP) is 0.855. The Bertz CT molecular complexity index is 269. The van der Waals surface area contributed by atoms with E-state index in [1.54, 1.807) is 7.05 Å². The molecule has 0 aliphatic heterocycles. The van der Waals surface area contributed by atoms with E-state index in [0.29, 0.717) is 24.4 Å². The summed E-state index contributed by atoms with van der Waals surface area (Å²) in [6.45, 7) is 0.708. The van der Waals surface area contributed by atoms with Crippen LogP contribution in [-0.2, 0) is 14.4 Å². The topological polar surface area (TPSA) is 58.6 Å². The molecule has 0 unspecified atom stereocenters. The maximum absolute atomic E-state index is 11.8. The van der Waals surface area contributed by atoms with Crippen LogP contribution >= 0.6 is 0 Å². The molecular formula is C9H15F3N2O3. The zero-order chi connectivity index (χ0) is 13.5. The molecule has 0 aliphatic rings. The van der Waals surface area contributed by atoms with E-state index in [0.717, 1.165) is 7.05 Å². The summed E-state index contributed by atoms with van der Waals surface area (Å²) in [5.74, 6) is -3.07. The molecule has 0 rings (SSSR count). The molecule has 1 N–H and O–H groups in total. The summed E-state index contributed by atoms with van der Waals surface area (Å²) in [5, 5.41) is 3.18. The summed E-state index contributed by atoms with van der Waals surface area (Å²) >= 11 is 0. The third-order valence-corrected chi connectivity index (χ3v) is 1.87. The number of halogens is 3. The van der Waals surface area contributed by atoms with Crippen LogP contribution in [0.4, 0.5) is 13.2 Å². The Morgan fingerprint density at radius 1 is 1.29 bits per heavy atom. The summed E-state index contributed by atoms with van der Waals surface area (Å²) in [4.78, 5) is 25.5. The average Bonchev–Trinajstić information content (AvgIpc) is 2.22. The van der Waals surface area contributed by atoms with Crippen molar-refractivity contribution >= 4 is 11.9 Å². The van der Waals surface area contributed by atoms with Gasteiger partial charge in [-0.25, -0.2) is 4.79 Å². The third-order valence-electron chi connectivity index (χ3n) is 1.87. The van der Waals surface area contributed by atoms with Gasteiger partial charge in [-0.05, 0) is 26.4 Å². The molecule has 0 aromatic rings. The van der Waals surface area contributed by atoms with Crippen LogP contribution in [-0.4, -0.2) is 43.8 Å². The first kappa shape index (κ1) is 15.7. The number of carbonyl (C=O) groups excluding carboxylic acids is 2. The monoisotopic (exact) mass is 256 g/mol. The molecule has 0 aliphatic carbocycles. The first-order valence-corrected chi connectivity index (χ1v) is 4.99. The molecule has 8 heteroatoms. The van der Waals surface area contributed by atoms with Gasteiger partial charge in [-0.2, -0.15) is 18.2 Å². The molecule has 0 fully saturated rings. The van der Waals surface area contributed by atoms with E-state index in [4.69, 9.17) is 0 Å². The fourth-order valence-electron chi connectivity index (χ4n) is 0.962. The summed E-state index contributed by atoms with van der Waals surface area (Å²) in [6.07, 6.45) is -3.85. The quantitative estimate of drug-likeness (QED) is 0.585. The Kier molecular flexibility index (Phi) is 6.55. The lowest BCUT2D eigenvalue weighted by atomic mass is 10.2. The van der Waals surface area contributed by atoms with Gasteiger partial charge in [0.25, 0.3) is 5.91 Å². The van der Waals surface area contributed by atoms with E-state index < -0.39 is 18.1 Å². The van der Waals surface area contributed by atoms with Gasteiger partial charge in [-0.15, -0.1) is 0 Å². The number of alkyl halides is 3. The van der Waals surface area contributed by atoms with Gasteiger partial charge in [0.05, 0.1) is 0 Å². The molecule has 0 aromatic heterocycles. The largest absolute Gasteiger partial charge is 0.493 e. The highest BCUT2D eigenvalue weighted by atomic mass is 19.4. The lowest BCUT2D eigenvalue weighted by molar-refractivity contribution is -0.233. The number of nitrogens with zero attached hydrogens (tertiary/aromatic N) is 1. The second-order valence-corrected chi connectivity index (χ2v) is 3.33. The van der Waals surface area contributed by atoms with Crippen molar-refractivity contribution < 1.29 is 27.6 Å². The Morgan fingerprint density at radius 3 is 2.35 bits per heavy atom. The highest BCUT2D eigenvalue weighted by molar-refractivity contribution is 5.80. The van der Waals surface area contributed by atoms with E-state index in [2.05, 4.69) is 10.2 Å². The van der Waals surface area contributed by atoms with Crippen molar-refractivity contribution in [1.82, 2.24) is 10.4 Å². The SMILES string of the molecule is CNCCCCC(=O)N(C)OC(=O)C(F)(F)F. The molecule has 1 amide bonds. The van der Waals surface area contributed by atoms with Gasteiger partial charge < -0.3 is 10.2 Å². The summed E-state index contributed by atoms with van der Waals surface area (Å²) in [5.41, 5.74) is 0. The van der Waals surface area contributed by atoms with Gasteiger partial charge in [-0.3, -0.25) is 4.79 Å². The van der Waals surface area contributed by atoms with Crippen molar-refractivity contribution in [3.63, 3.8) is 0 Å². The van der Waals surface area contributed by atoms with Crippen LogP contribution in [0.25, 0.3) is 0 Å². The second-order valence-electron chi connectivity index (χ2n) is 3.33. The smallest absolute Gasteiger partial charge is 0.330 e. The highest BCUT2D eigenvalue weighted by Crippen LogP contribution is 2.17. The van der Waals surface area contributed by atoms with E-state index in [-0.39, 0.29) is 6.42 Å². The molecule has 5 nitrogen and oxygen atoms in total. The summed E-state index contributed by atoms with van der Waals surface area (Å²) in [7, 11) is 2.73. The minimum absolute atomic E-state index is 0.0311. The molecule has 0 spiro atoms. The third kappa shape index (κ3) is 6.77. The van der Waals surface area contributed by atoms with Crippen molar-refractivity contribution in [1.29, 1.82) is 0 Å². The van der Waals surface area contributed by atoms with Crippen molar-refractivity contribution in [2.75, 3.05) is 20.6 Å². The van der Waals surface area contributed by atoms with Crippen molar-refractivity contribution in [2.24, 2.45) is 0 Å². The molecule has 100 valence electrons. The van der Waals surface area contributed by atoms with Gasteiger partial charge in [0.15, 0.2) is 0 Å². The highest BCUT2D eigenvalue weighted by Gasteiger charge is 2.42. The average molecular weight is 256 g/mol.